The Kier molecular flexibility index (Phi) is 7.10. The van der Waals surface area contributed by atoms with Crippen molar-refractivity contribution in [3.05, 3.63) is 64.7 Å². The van der Waals surface area contributed by atoms with Gasteiger partial charge in [-0.3, -0.25) is 0 Å². The fourth-order valence-corrected chi connectivity index (χ4v) is 3.31. The molecule has 2 nitrogen and oxygen atoms in total. The van der Waals surface area contributed by atoms with Gasteiger partial charge in [0.15, 0.2) is 0 Å². The second-order valence-electron chi connectivity index (χ2n) is 4.66. The summed E-state index contributed by atoms with van der Waals surface area (Å²) in [7, 11) is 1.71. The molecule has 0 aliphatic carbocycles. The molecule has 112 valence electrons. The van der Waals surface area contributed by atoms with E-state index in [0.717, 1.165) is 29.4 Å². The van der Waals surface area contributed by atoms with Gasteiger partial charge in [0, 0.05) is 35.9 Å². The van der Waals surface area contributed by atoms with E-state index >= 15 is 0 Å². The molecule has 0 radical (unpaired) electrons. The average molecular weight is 322 g/mol. The van der Waals surface area contributed by atoms with Crippen molar-refractivity contribution in [2.24, 2.45) is 0 Å². The van der Waals surface area contributed by atoms with E-state index in [1.165, 1.54) is 10.5 Å². The standard InChI is InChI=1S/C17H20ClNOS/c1-20-11-10-19-12-15-16(18)8-5-9-17(15)21-13-14-6-3-2-4-7-14/h2-9,19H,10-13H2,1H3. The zero-order valence-corrected chi connectivity index (χ0v) is 13.7. The lowest BCUT2D eigenvalue weighted by molar-refractivity contribution is 0.199. The monoisotopic (exact) mass is 321 g/mol. The Bertz CT molecular complexity index is 548. The first-order valence-corrected chi connectivity index (χ1v) is 8.31. The number of benzene rings is 2. The summed E-state index contributed by atoms with van der Waals surface area (Å²) in [6.07, 6.45) is 0. The maximum atomic E-state index is 6.34. The zero-order valence-electron chi connectivity index (χ0n) is 12.1. The van der Waals surface area contributed by atoms with Gasteiger partial charge in [0.1, 0.15) is 0 Å². The van der Waals surface area contributed by atoms with Crippen molar-refractivity contribution in [1.82, 2.24) is 5.32 Å². The lowest BCUT2D eigenvalue weighted by atomic mass is 10.2. The van der Waals surface area contributed by atoms with Crippen LogP contribution in [-0.4, -0.2) is 20.3 Å². The number of thioether (sulfide) groups is 1. The molecule has 2 aromatic rings. The minimum absolute atomic E-state index is 0.705. The van der Waals surface area contributed by atoms with Gasteiger partial charge in [-0.25, -0.2) is 0 Å². The molecular weight excluding hydrogens is 302 g/mol. The van der Waals surface area contributed by atoms with E-state index in [4.69, 9.17) is 16.3 Å². The highest BCUT2D eigenvalue weighted by Crippen LogP contribution is 2.30. The molecule has 4 heteroatoms. The van der Waals surface area contributed by atoms with Gasteiger partial charge in [0.05, 0.1) is 6.61 Å². The molecule has 0 aliphatic heterocycles. The highest BCUT2D eigenvalue weighted by atomic mass is 35.5. The number of nitrogens with one attached hydrogen (secondary N) is 1. The molecule has 1 N–H and O–H groups in total. The maximum Gasteiger partial charge on any atom is 0.0587 e. The molecule has 2 rings (SSSR count). The number of halogens is 1. The Morgan fingerprint density at radius 2 is 1.90 bits per heavy atom. The van der Waals surface area contributed by atoms with Crippen molar-refractivity contribution in [2.45, 2.75) is 17.2 Å². The molecule has 0 fully saturated rings. The van der Waals surface area contributed by atoms with E-state index in [-0.39, 0.29) is 0 Å². The molecule has 0 heterocycles. The SMILES string of the molecule is COCCNCc1c(Cl)cccc1SCc1ccccc1. The summed E-state index contributed by atoms with van der Waals surface area (Å²) in [6, 6.07) is 16.6. The van der Waals surface area contributed by atoms with Crippen LogP contribution in [0.1, 0.15) is 11.1 Å². The van der Waals surface area contributed by atoms with E-state index in [2.05, 4.69) is 35.6 Å². The van der Waals surface area contributed by atoms with Gasteiger partial charge in [-0.05, 0) is 23.3 Å². The van der Waals surface area contributed by atoms with Crippen molar-refractivity contribution < 1.29 is 4.74 Å². The summed E-state index contributed by atoms with van der Waals surface area (Å²) < 4.78 is 5.04. The first-order valence-electron chi connectivity index (χ1n) is 6.95. The predicted molar refractivity (Wildman–Crippen MR) is 91.0 cm³/mol. The Morgan fingerprint density at radius 1 is 1.10 bits per heavy atom. The van der Waals surface area contributed by atoms with Crippen LogP contribution in [0.2, 0.25) is 5.02 Å². The summed E-state index contributed by atoms with van der Waals surface area (Å²) in [5, 5.41) is 4.18. The van der Waals surface area contributed by atoms with E-state index in [1.54, 1.807) is 7.11 Å². The minimum Gasteiger partial charge on any atom is -0.383 e. The van der Waals surface area contributed by atoms with E-state index in [0.29, 0.717) is 6.61 Å². The van der Waals surface area contributed by atoms with Crippen LogP contribution in [0.5, 0.6) is 0 Å². The van der Waals surface area contributed by atoms with Gasteiger partial charge in [0.2, 0.25) is 0 Å². The van der Waals surface area contributed by atoms with Crippen LogP contribution in [0.15, 0.2) is 53.4 Å². The van der Waals surface area contributed by atoms with Crippen molar-refractivity contribution in [1.29, 1.82) is 0 Å². The molecule has 0 unspecified atom stereocenters. The maximum absolute atomic E-state index is 6.34. The topological polar surface area (TPSA) is 21.3 Å². The normalized spacial score (nSPS) is 10.8. The molecule has 21 heavy (non-hydrogen) atoms. The van der Waals surface area contributed by atoms with Crippen LogP contribution in [0.3, 0.4) is 0 Å². The molecule has 0 spiro atoms. The fourth-order valence-electron chi connectivity index (χ4n) is 1.97. The van der Waals surface area contributed by atoms with Crippen LogP contribution >= 0.6 is 23.4 Å². The Morgan fingerprint density at radius 3 is 2.67 bits per heavy atom. The molecule has 0 aliphatic rings. The van der Waals surface area contributed by atoms with Crippen molar-refractivity contribution in [3.63, 3.8) is 0 Å². The van der Waals surface area contributed by atoms with Crippen LogP contribution in [0.4, 0.5) is 0 Å². The molecule has 2 aromatic carbocycles. The lowest BCUT2D eigenvalue weighted by Crippen LogP contribution is -2.19. The Hall–Kier alpha value is -1.00. The number of rotatable bonds is 8. The summed E-state index contributed by atoms with van der Waals surface area (Å²) in [6.45, 7) is 2.29. The fraction of sp³-hybridized carbons (Fsp3) is 0.294. The van der Waals surface area contributed by atoms with E-state index < -0.39 is 0 Å². The van der Waals surface area contributed by atoms with Crippen LogP contribution in [-0.2, 0) is 17.0 Å². The van der Waals surface area contributed by atoms with Gasteiger partial charge in [-0.2, -0.15) is 0 Å². The van der Waals surface area contributed by atoms with Crippen LogP contribution in [0, 0.1) is 0 Å². The van der Waals surface area contributed by atoms with Crippen LogP contribution in [0.25, 0.3) is 0 Å². The summed E-state index contributed by atoms with van der Waals surface area (Å²) in [5.74, 6) is 0.951. The quantitative estimate of drug-likeness (QED) is 0.576. The number of hydrogen-bond donors (Lipinski definition) is 1. The molecule has 0 atom stereocenters. The Labute approximate surface area is 135 Å². The summed E-state index contributed by atoms with van der Waals surface area (Å²) >= 11 is 8.16. The molecule has 0 aromatic heterocycles. The third kappa shape index (κ3) is 5.36. The molecule has 0 bridgehead atoms. The van der Waals surface area contributed by atoms with E-state index in [1.807, 2.05) is 30.0 Å². The predicted octanol–water partition coefficient (Wildman–Crippen LogP) is 4.37. The summed E-state index contributed by atoms with van der Waals surface area (Å²) in [4.78, 5) is 1.23. The summed E-state index contributed by atoms with van der Waals surface area (Å²) in [5.41, 5.74) is 2.48. The number of hydrogen-bond acceptors (Lipinski definition) is 3. The molecule has 0 amide bonds. The molecular formula is C17H20ClNOS. The number of methoxy groups -OCH3 is 1. The largest absolute Gasteiger partial charge is 0.383 e. The van der Waals surface area contributed by atoms with Crippen molar-refractivity contribution >= 4 is 23.4 Å². The first-order chi connectivity index (χ1) is 10.3. The van der Waals surface area contributed by atoms with Gasteiger partial charge in [-0.1, -0.05) is 48.0 Å². The van der Waals surface area contributed by atoms with Gasteiger partial charge >= 0.3 is 0 Å². The second-order valence-corrected chi connectivity index (χ2v) is 6.08. The van der Waals surface area contributed by atoms with Gasteiger partial charge < -0.3 is 10.1 Å². The van der Waals surface area contributed by atoms with Gasteiger partial charge in [0.25, 0.3) is 0 Å². The average Bonchev–Trinajstić information content (AvgIpc) is 2.52. The third-order valence-electron chi connectivity index (χ3n) is 3.10. The smallest absolute Gasteiger partial charge is 0.0587 e. The zero-order chi connectivity index (χ0) is 14.9. The highest BCUT2D eigenvalue weighted by Gasteiger charge is 2.07. The highest BCUT2D eigenvalue weighted by molar-refractivity contribution is 7.98. The van der Waals surface area contributed by atoms with Crippen molar-refractivity contribution in [2.75, 3.05) is 20.3 Å². The molecule has 0 saturated heterocycles. The second kappa shape index (κ2) is 9.11. The van der Waals surface area contributed by atoms with Gasteiger partial charge in [-0.15, -0.1) is 11.8 Å². The minimum atomic E-state index is 0.705. The lowest BCUT2D eigenvalue weighted by Gasteiger charge is -2.12. The van der Waals surface area contributed by atoms with Crippen LogP contribution < -0.4 is 5.32 Å². The third-order valence-corrected chi connectivity index (χ3v) is 4.62. The molecule has 0 saturated carbocycles. The van der Waals surface area contributed by atoms with Crippen molar-refractivity contribution in [3.8, 4) is 0 Å². The first kappa shape index (κ1) is 16.4. The Balaban J connectivity index is 1.99. The van der Waals surface area contributed by atoms with E-state index in [9.17, 15) is 0 Å². The number of ether oxygens (including phenoxy) is 1.